The number of hydrogen-bond acceptors (Lipinski definition) is 3. The number of amides is 1. The molecule has 5 nitrogen and oxygen atoms in total. The van der Waals surface area contributed by atoms with Crippen molar-refractivity contribution in [1.82, 2.24) is 5.32 Å². The number of carbonyl (C=O) groups is 2. The van der Waals surface area contributed by atoms with Gasteiger partial charge >= 0.3 is 6.09 Å². The molecule has 0 radical (unpaired) electrons. The number of hydrogen-bond donors (Lipinski definition) is 2. The van der Waals surface area contributed by atoms with E-state index in [2.05, 4.69) is 21.2 Å². The second-order valence-electron chi connectivity index (χ2n) is 5.68. The molecular weight excluding hydrogens is 338 g/mol. The van der Waals surface area contributed by atoms with Crippen LogP contribution in [-0.2, 0) is 0 Å². The Labute approximate surface area is 132 Å². The molecule has 0 bridgehead atoms. The lowest BCUT2D eigenvalue weighted by Crippen LogP contribution is -2.50. The first kappa shape index (κ1) is 17.5. The number of carboxylic acid groups (broad SMARTS) is 1. The van der Waals surface area contributed by atoms with E-state index in [1.165, 1.54) is 0 Å². The second-order valence-corrected chi connectivity index (χ2v) is 6.59. The Morgan fingerprint density at radius 1 is 1.52 bits per heavy atom. The Morgan fingerprint density at radius 2 is 2.19 bits per heavy atom. The molecule has 0 saturated heterocycles. The number of rotatable bonds is 7. The standard InChI is InChI=1S/C15H20BrNO4/c1-10(2)7-15(3,17-14(19)20)9-21-13-5-4-12(16)6-11(13)8-18/h4-6,8,10,17H,7,9H2,1-3H3,(H,19,20). The van der Waals surface area contributed by atoms with Gasteiger partial charge in [0.2, 0.25) is 0 Å². The summed E-state index contributed by atoms with van der Waals surface area (Å²) < 4.78 is 6.45. The highest BCUT2D eigenvalue weighted by molar-refractivity contribution is 9.10. The van der Waals surface area contributed by atoms with E-state index in [0.717, 1.165) is 4.47 Å². The van der Waals surface area contributed by atoms with Gasteiger partial charge in [-0.1, -0.05) is 29.8 Å². The van der Waals surface area contributed by atoms with E-state index < -0.39 is 11.6 Å². The molecule has 2 N–H and O–H groups in total. The third-order valence-electron chi connectivity index (χ3n) is 2.91. The van der Waals surface area contributed by atoms with Crippen molar-refractivity contribution in [2.75, 3.05) is 6.61 Å². The lowest BCUT2D eigenvalue weighted by molar-refractivity contribution is 0.111. The van der Waals surface area contributed by atoms with Crippen LogP contribution < -0.4 is 10.1 Å². The smallest absolute Gasteiger partial charge is 0.405 e. The summed E-state index contributed by atoms with van der Waals surface area (Å²) in [7, 11) is 0. The maximum atomic E-state index is 11.0. The van der Waals surface area contributed by atoms with E-state index in [1.807, 2.05) is 13.8 Å². The summed E-state index contributed by atoms with van der Waals surface area (Å²) in [5, 5.41) is 11.5. The Kier molecular flexibility index (Phi) is 6.20. The summed E-state index contributed by atoms with van der Waals surface area (Å²) in [5.74, 6) is 0.747. The fraction of sp³-hybridized carbons (Fsp3) is 0.467. The molecule has 1 rings (SSSR count). The summed E-state index contributed by atoms with van der Waals surface area (Å²) in [4.78, 5) is 22.0. The van der Waals surface area contributed by atoms with E-state index in [9.17, 15) is 9.59 Å². The Bertz CT molecular complexity index is 518. The monoisotopic (exact) mass is 357 g/mol. The maximum Gasteiger partial charge on any atom is 0.405 e. The first-order valence-electron chi connectivity index (χ1n) is 6.64. The summed E-state index contributed by atoms with van der Waals surface area (Å²) in [6, 6.07) is 5.11. The second kappa shape index (κ2) is 7.45. The van der Waals surface area contributed by atoms with Crippen LogP contribution in [0.3, 0.4) is 0 Å². The van der Waals surface area contributed by atoms with Crippen molar-refractivity contribution in [3.63, 3.8) is 0 Å². The van der Waals surface area contributed by atoms with Crippen LogP contribution in [0.4, 0.5) is 4.79 Å². The zero-order valence-electron chi connectivity index (χ0n) is 12.4. The fourth-order valence-corrected chi connectivity index (χ4v) is 2.66. The first-order valence-corrected chi connectivity index (χ1v) is 7.43. The SMILES string of the molecule is CC(C)CC(C)(COc1ccc(Br)cc1C=O)NC(=O)O. The van der Waals surface area contributed by atoms with Crippen LogP contribution in [0.2, 0.25) is 0 Å². The van der Waals surface area contributed by atoms with E-state index in [1.54, 1.807) is 25.1 Å². The molecule has 6 heteroatoms. The molecule has 1 unspecified atom stereocenters. The molecule has 1 aromatic rings. The molecule has 0 spiro atoms. The molecule has 0 aliphatic heterocycles. The summed E-state index contributed by atoms with van der Waals surface area (Å²) in [5.41, 5.74) is -0.292. The molecule has 116 valence electrons. The van der Waals surface area contributed by atoms with Crippen LogP contribution in [0.1, 0.15) is 37.6 Å². The van der Waals surface area contributed by atoms with Crippen LogP contribution in [0.5, 0.6) is 5.75 Å². The fourth-order valence-electron chi connectivity index (χ4n) is 2.29. The average Bonchev–Trinajstić information content (AvgIpc) is 2.35. The zero-order valence-corrected chi connectivity index (χ0v) is 13.9. The van der Waals surface area contributed by atoms with Crippen LogP contribution >= 0.6 is 15.9 Å². The number of benzene rings is 1. The average molecular weight is 358 g/mol. The minimum atomic E-state index is -1.09. The molecule has 0 aliphatic carbocycles. The Hall–Kier alpha value is -1.56. The lowest BCUT2D eigenvalue weighted by atomic mass is 9.91. The van der Waals surface area contributed by atoms with Gasteiger partial charge in [0, 0.05) is 4.47 Å². The van der Waals surface area contributed by atoms with Crippen molar-refractivity contribution in [3.8, 4) is 5.75 Å². The highest BCUT2D eigenvalue weighted by Crippen LogP contribution is 2.24. The van der Waals surface area contributed by atoms with Gasteiger partial charge in [0.1, 0.15) is 12.4 Å². The van der Waals surface area contributed by atoms with Gasteiger partial charge in [0.05, 0.1) is 11.1 Å². The number of halogens is 1. The molecule has 1 aromatic carbocycles. The van der Waals surface area contributed by atoms with Crippen LogP contribution in [-0.4, -0.2) is 29.6 Å². The van der Waals surface area contributed by atoms with Crippen molar-refractivity contribution in [2.24, 2.45) is 5.92 Å². The van der Waals surface area contributed by atoms with E-state index in [4.69, 9.17) is 9.84 Å². The van der Waals surface area contributed by atoms with E-state index >= 15 is 0 Å². The number of ether oxygens (including phenoxy) is 1. The quantitative estimate of drug-likeness (QED) is 0.729. The van der Waals surface area contributed by atoms with Crippen molar-refractivity contribution >= 4 is 28.3 Å². The molecule has 0 saturated carbocycles. The van der Waals surface area contributed by atoms with Gasteiger partial charge in [-0.15, -0.1) is 0 Å². The third kappa shape index (κ3) is 5.75. The Balaban J connectivity index is 2.86. The maximum absolute atomic E-state index is 11.0. The molecule has 0 heterocycles. The van der Waals surface area contributed by atoms with E-state index in [0.29, 0.717) is 29.9 Å². The topological polar surface area (TPSA) is 75.6 Å². The Morgan fingerprint density at radius 3 is 2.71 bits per heavy atom. The minimum Gasteiger partial charge on any atom is -0.490 e. The molecule has 0 aliphatic rings. The molecule has 1 amide bonds. The van der Waals surface area contributed by atoms with Gasteiger partial charge < -0.3 is 15.2 Å². The first-order chi connectivity index (χ1) is 9.75. The van der Waals surface area contributed by atoms with Gasteiger partial charge in [0.25, 0.3) is 0 Å². The van der Waals surface area contributed by atoms with Gasteiger partial charge in [-0.3, -0.25) is 4.79 Å². The number of nitrogens with one attached hydrogen (secondary N) is 1. The van der Waals surface area contributed by atoms with Gasteiger partial charge in [0.15, 0.2) is 6.29 Å². The summed E-state index contributed by atoms with van der Waals surface area (Å²) >= 11 is 3.29. The van der Waals surface area contributed by atoms with Crippen LogP contribution in [0.15, 0.2) is 22.7 Å². The number of aldehydes is 1. The lowest BCUT2D eigenvalue weighted by Gasteiger charge is -2.31. The highest BCUT2D eigenvalue weighted by Gasteiger charge is 2.28. The van der Waals surface area contributed by atoms with E-state index in [-0.39, 0.29) is 6.61 Å². The largest absolute Gasteiger partial charge is 0.490 e. The van der Waals surface area contributed by atoms with Crippen molar-refractivity contribution < 1.29 is 19.4 Å². The summed E-state index contributed by atoms with van der Waals surface area (Å²) in [6.07, 6.45) is 0.254. The number of carbonyl (C=O) groups excluding carboxylic acids is 1. The molecule has 1 atom stereocenters. The van der Waals surface area contributed by atoms with Crippen molar-refractivity contribution in [1.29, 1.82) is 0 Å². The van der Waals surface area contributed by atoms with Gasteiger partial charge in [-0.25, -0.2) is 4.79 Å². The van der Waals surface area contributed by atoms with Crippen LogP contribution in [0, 0.1) is 5.92 Å². The van der Waals surface area contributed by atoms with Gasteiger partial charge in [-0.05, 0) is 37.5 Å². The third-order valence-corrected chi connectivity index (χ3v) is 3.41. The molecule has 0 aromatic heterocycles. The van der Waals surface area contributed by atoms with Crippen LogP contribution in [0.25, 0.3) is 0 Å². The van der Waals surface area contributed by atoms with Crippen molar-refractivity contribution in [2.45, 2.75) is 32.7 Å². The van der Waals surface area contributed by atoms with Gasteiger partial charge in [-0.2, -0.15) is 0 Å². The highest BCUT2D eigenvalue weighted by atomic mass is 79.9. The normalized spacial score (nSPS) is 13.6. The molecule has 21 heavy (non-hydrogen) atoms. The van der Waals surface area contributed by atoms with Crippen molar-refractivity contribution in [3.05, 3.63) is 28.2 Å². The molecular formula is C15H20BrNO4. The zero-order chi connectivity index (χ0) is 16.0. The minimum absolute atomic E-state index is 0.153. The summed E-state index contributed by atoms with van der Waals surface area (Å²) in [6.45, 7) is 5.97. The molecule has 0 fully saturated rings. The predicted octanol–water partition coefficient (Wildman–Crippen LogP) is 3.71. The predicted molar refractivity (Wildman–Crippen MR) is 84.0 cm³/mol.